The van der Waals surface area contributed by atoms with E-state index < -0.39 is 6.04 Å². The molecule has 8 nitrogen and oxygen atoms in total. The molecule has 1 fully saturated rings. The summed E-state index contributed by atoms with van der Waals surface area (Å²) < 4.78 is 0. The number of nitrogens with zero attached hydrogens (tertiary/aromatic N) is 2. The number of piperazine rings is 1. The Morgan fingerprint density at radius 2 is 1.65 bits per heavy atom. The van der Waals surface area contributed by atoms with Gasteiger partial charge in [0.25, 0.3) is 0 Å². The molecule has 0 spiro atoms. The first kappa shape index (κ1) is 25.1. The zero-order valence-electron chi connectivity index (χ0n) is 20.2. The molecule has 3 N–H and O–H groups in total. The van der Waals surface area contributed by atoms with Crippen molar-refractivity contribution in [2.45, 2.75) is 45.8 Å². The lowest BCUT2D eigenvalue weighted by molar-refractivity contribution is -0.136. The van der Waals surface area contributed by atoms with E-state index in [-0.39, 0.29) is 29.9 Å². The smallest absolute Gasteiger partial charge is 0.322 e. The molecule has 0 saturated carbocycles. The predicted octanol–water partition coefficient (Wildman–Crippen LogP) is 3.67. The van der Waals surface area contributed by atoms with Crippen molar-refractivity contribution < 1.29 is 14.4 Å². The Balaban J connectivity index is 1.56. The summed E-state index contributed by atoms with van der Waals surface area (Å²) in [6, 6.07) is 17.6. The highest BCUT2D eigenvalue weighted by atomic mass is 16.2. The molecule has 2 aromatic rings. The number of nitrogens with one attached hydrogen (secondary N) is 3. The Hall–Kier alpha value is -3.55. The molecule has 3 unspecified atom stereocenters. The lowest BCUT2D eigenvalue weighted by atomic mass is 9.97. The van der Waals surface area contributed by atoms with Gasteiger partial charge >= 0.3 is 12.1 Å². The number of benzene rings is 2. The zero-order chi connectivity index (χ0) is 24.5. The molecule has 8 heteroatoms. The first-order chi connectivity index (χ1) is 16.4. The van der Waals surface area contributed by atoms with E-state index in [0.717, 1.165) is 17.7 Å². The summed E-state index contributed by atoms with van der Waals surface area (Å²) in [5, 5.41) is 8.63. The average Bonchev–Trinajstić information content (AvgIpc) is 2.86. The maximum Gasteiger partial charge on any atom is 0.322 e. The zero-order valence-corrected chi connectivity index (χ0v) is 20.2. The number of amides is 5. The maximum absolute atomic E-state index is 13.4. The highest BCUT2D eigenvalue weighted by Gasteiger charge is 2.35. The maximum atomic E-state index is 13.4. The third-order valence-electron chi connectivity index (χ3n) is 6.29. The van der Waals surface area contributed by atoms with Crippen LogP contribution in [0.4, 0.5) is 15.3 Å². The SMILES string of the molecule is CCC(C)C(NC(=O)NCc1ccccc1)C(=O)N1CCN(C(=O)Nc2ccccc2)C(C)C1. The van der Waals surface area contributed by atoms with Gasteiger partial charge < -0.3 is 25.8 Å². The first-order valence-corrected chi connectivity index (χ1v) is 11.9. The van der Waals surface area contributed by atoms with Gasteiger partial charge in [0.2, 0.25) is 5.91 Å². The largest absolute Gasteiger partial charge is 0.337 e. The molecule has 5 amide bonds. The molecule has 182 valence electrons. The third kappa shape index (κ3) is 6.73. The van der Waals surface area contributed by atoms with Gasteiger partial charge in [0, 0.05) is 37.9 Å². The molecular weight excluding hydrogens is 430 g/mol. The number of anilines is 1. The van der Waals surface area contributed by atoms with Crippen LogP contribution in [-0.4, -0.2) is 59.5 Å². The first-order valence-electron chi connectivity index (χ1n) is 11.9. The number of para-hydroxylation sites is 1. The normalized spacial score (nSPS) is 17.4. The molecule has 3 rings (SSSR count). The molecule has 0 aliphatic carbocycles. The van der Waals surface area contributed by atoms with E-state index in [4.69, 9.17) is 0 Å². The minimum atomic E-state index is -0.627. The van der Waals surface area contributed by atoms with E-state index in [9.17, 15) is 14.4 Å². The number of hydrogen-bond acceptors (Lipinski definition) is 3. The van der Waals surface area contributed by atoms with E-state index in [0.29, 0.717) is 26.2 Å². The Morgan fingerprint density at radius 3 is 2.26 bits per heavy atom. The summed E-state index contributed by atoms with van der Waals surface area (Å²) >= 11 is 0. The summed E-state index contributed by atoms with van der Waals surface area (Å²) in [5.41, 5.74) is 1.73. The van der Waals surface area contributed by atoms with Crippen LogP contribution < -0.4 is 16.0 Å². The van der Waals surface area contributed by atoms with Crippen molar-refractivity contribution >= 4 is 23.7 Å². The van der Waals surface area contributed by atoms with Gasteiger partial charge in [-0.25, -0.2) is 9.59 Å². The minimum Gasteiger partial charge on any atom is -0.337 e. The lowest BCUT2D eigenvalue weighted by Crippen LogP contribution is -2.61. The standard InChI is InChI=1S/C26H35N5O3/c1-4-19(2)23(29-25(33)27-17-21-11-7-5-8-12-21)24(32)30-15-16-31(20(3)18-30)26(34)28-22-13-9-6-10-14-22/h5-14,19-20,23H,4,15-18H2,1-3H3,(H,28,34)(H2,27,29,33). The lowest BCUT2D eigenvalue weighted by Gasteiger charge is -2.41. The van der Waals surface area contributed by atoms with Crippen LogP contribution in [-0.2, 0) is 11.3 Å². The predicted molar refractivity (Wildman–Crippen MR) is 133 cm³/mol. The molecule has 2 aromatic carbocycles. The van der Waals surface area contributed by atoms with Gasteiger partial charge in [-0.3, -0.25) is 4.79 Å². The van der Waals surface area contributed by atoms with Crippen LogP contribution in [0.3, 0.4) is 0 Å². The van der Waals surface area contributed by atoms with Gasteiger partial charge in [0.1, 0.15) is 6.04 Å². The molecular formula is C26H35N5O3. The summed E-state index contributed by atoms with van der Waals surface area (Å²) in [4.78, 5) is 42.2. The van der Waals surface area contributed by atoms with Gasteiger partial charge in [-0.1, -0.05) is 68.8 Å². The van der Waals surface area contributed by atoms with Crippen LogP contribution in [0.5, 0.6) is 0 Å². The highest BCUT2D eigenvalue weighted by Crippen LogP contribution is 2.17. The van der Waals surface area contributed by atoms with E-state index in [1.165, 1.54) is 0 Å². The number of hydrogen-bond donors (Lipinski definition) is 3. The molecule has 34 heavy (non-hydrogen) atoms. The Kier molecular flexibility index (Phi) is 8.90. The fraction of sp³-hybridized carbons (Fsp3) is 0.423. The fourth-order valence-electron chi connectivity index (χ4n) is 4.03. The Bertz CT molecular complexity index is 953. The van der Waals surface area contributed by atoms with Crippen molar-refractivity contribution in [3.05, 3.63) is 66.2 Å². The highest BCUT2D eigenvalue weighted by molar-refractivity contribution is 5.90. The fourth-order valence-corrected chi connectivity index (χ4v) is 4.03. The molecule has 0 radical (unpaired) electrons. The van der Waals surface area contributed by atoms with Crippen LogP contribution in [0.15, 0.2) is 60.7 Å². The molecule has 0 bridgehead atoms. The number of carbonyl (C=O) groups is 3. The summed E-state index contributed by atoms with van der Waals surface area (Å²) in [6.07, 6.45) is 0.754. The van der Waals surface area contributed by atoms with Gasteiger partial charge in [-0.05, 0) is 30.5 Å². The number of rotatable bonds is 7. The van der Waals surface area contributed by atoms with Crippen molar-refractivity contribution in [3.8, 4) is 0 Å². The molecule has 1 heterocycles. The topological polar surface area (TPSA) is 93.8 Å². The third-order valence-corrected chi connectivity index (χ3v) is 6.29. The Morgan fingerprint density at radius 1 is 1.00 bits per heavy atom. The van der Waals surface area contributed by atoms with Crippen LogP contribution in [0, 0.1) is 5.92 Å². The quantitative estimate of drug-likeness (QED) is 0.582. The van der Waals surface area contributed by atoms with Gasteiger partial charge in [-0.2, -0.15) is 0 Å². The summed E-state index contributed by atoms with van der Waals surface area (Å²) in [6.45, 7) is 7.56. The summed E-state index contributed by atoms with van der Waals surface area (Å²) in [7, 11) is 0. The second-order valence-corrected chi connectivity index (χ2v) is 8.80. The van der Waals surface area contributed by atoms with Crippen molar-refractivity contribution in [2.24, 2.45) is 5.92 Å². The van der Waals surface area contributed by atoms with Crippen molar-refractivity contribution in [1.82, 2.24) is 20.4 Å². The minimum absolute atomic E-state index is 0.0234. The molecule has 1 aliphatic heterocycles. The van der Waals surface area contributed by atoms with Crippen LogP contribution in [0.2, 0.25) is 0 Å². The monoisotopic (exact) mass is 465 g/mol. The van der Waals surface area contributed by atoms with Crippen molar-refractivity contribution in [3.63, 3.8) is 0 Å². The van der Waals surface area contributed by atoms with Gasteiger partial charge in [0.15, 0.2) is 0 Å². The number of urea groups is 2. The van der Waals surface area contributed by atoms with Crippen LogP contribution in [0.1, 0.15) is 32.8 Å². The van der Waals surface area contributed by atoms with Crippen LogP contribution in [0.25, 0.3) is 0 Å². The molecule has 3 atom stereocenters. The van der Waals surface area contributed by atoms with Crippen LogP contribution >= 0.6 is 0 Å². The average molecular weight is 466 g/mol. The Labute approximate surface area is 201 Å². The summed E-state index contributed by atoms with van der Waals surface area (Å²) in [5.74, 6) is -0.135. The van der Waals surface area contributed by atoms with Crippen molar-refractivity contribution in [2.75, 3.05) is 25.0 Å². The van der Waals surface area contributed by atoms with Gasteiger partial charge in [0.05, 0.1) is 0 Å². The van der Waals surface area contributed by atoms with Gasteiger partial charge in [-0.15, -0.1) is 0 Å². The second-order valence-electron chi connectivity index (χ2n) is 8.80. The van der Waals surface area contributed by atoms with E-state index >= 15 is 0 Å². The molecule has 1 aliphatic rings. The van der Waals surface area contributed by atoms with Crippen molar-refractivity contribution in [1.29, 1.82) is 0 Å². The van der Waals surface area contributed by atoms with E-state index in [2.05, 4.69) is 16.0 Å². The molecule has 1 saturated heterocycles. The number of carbonyl (C=O) groups excluding carboxylic acids is 3. The van der Waals surface area contributed by atoms with E-state index in [1.54, 1.807) is 9.80 Å². The van der Waals surface area contributed by atoms with E-state index in [1.807, 2.05) is 81.4 Å². The second kappa shape index (κ2) is 12.1. The molecule has 0 aromatic heterocycles.